The second-order valence-electron chi connectivity index (χ2n) is 5.77. The first-order valence-electron chi connectivity index (χ1n) is 8.21. The molecule has 0 aliphatic heterocycles. The number of hydrogen-bond donors (Lipinski definition) is 1. The standard InChI is InChI=1S/C19H19ClF3NO4/c1-26-14-5-7-16(27-2)12(9-14)3-8-18(25)24-15-10-13(20)4-6-17(15)28-11-19(21,22)23/h4-7,9-10H,3,8,11H2,1-2H3,(H,24,25). The minimum Gasteiger partial charge on any atom is -0.497 e. The maximum Gasteiger partial charge on any atom is 0.422 e. The van der Waals surface area contributed by atoms with Crippen LogP contribution >= 0.6 is 11.6 Å². The van der Waals surface area contributed by atoms with Crippen molar-refractivity contribution in [2.45, 2.75) is 19.0 Å². The Kier molecular flexibility index (Phi) is 7.39. The number of carbonyl (C=O) groups excluding carboxylic acids is 1. The number of carbonyl (C=O) groups is 1. The number of halogens is 4. The highest BCUT2D eigenvalue weighted by atomic mass is 35.5. The topological polar surface area (TPSA) is 56.8 Å². The smallest absolute Gasteiger partial charge is 0.422 e. The van der Waals surface area contributed by atoms with Crippen molar-refractivity contribution >= 4 is 23.2 Å². The highest BCUT2D eigenvalue weighted by Gasteiger charge is 2.29. The van der Waals surface area contributed by atoms with Gasteiger partial charge in [-0.15, -0.1) is 0 Å². The van der Waals surface area contributed by atoms with E-state index < -0.39 is 18.7 Å². The van der Waals surface area contributed by atoms with Crippen LogP contribution in [0.5, 0.6) is 17.2 Å². The van der Waals surface area contributed by atoms with Crippen LogP contribution in [0, 0.1) is 0 Å². The number of amides is 1. The number of anilines is 1. The highest BCUT2D eigenvalue weighted by molar-refractivity contribution is 6.31. The van der Waals surface area contributed by atoms with Gasteiger partial charge >= 0.3 is 6.18 Å². The van der Waals surface area contributed by atoms with Gasteiger partial charge in [-0.1, -0.05) is 11.6 Å². The van der Waals surface area contributed by atoms with Gasteiger partial charge in [0, 0.05) is 11.4 Å². The zero-order chi connectivity index (χ0) is 20.7. The first-order chi connectivity index (χ1) is 13.2. The Bertz CT molecular complexity index is 827. The van der Waals surface area contributed by atoms with E-state index in [1.165, 1.54) is 32.4 Å². The summed E-state index contributed by atoms with van der Waals surface area (Å²) in [6.45, 7) is -1.47. The number of hydrogen-bond acceptors (Lipinski definition) is 4. The van der Waals surface area contributed by atoms with Gasteiger partial charge in [0.1, 0.15) is 17.2 Å². The molecule has 0 atom stereocenters. The number of alkyl halides is 3. The lowest BCUT2D eigenvalue weighted by Crippen LogP contribution is -2.20. The molecule has 2 aromatic rings. The molecule has 0 aromatic heterocycles. The van der Waals surface area contributed by atoms with Crippen LogP contribution in [0.15, 0.2) is 36.4 Å². The monoisotopic (exact) mass is 417 g/mol. The maximum absolute atomic E-state index is 12.4. The predicted molar refractivity (Wildman–Crippen MR) is 99.5 cm³/mol. The number of benzene rings is 2. The van der Waals surface area contributed by atoms with Gasteiger partial charge in [0.15, 0.2) is 6.61 Å². The Morgan fingerprint density at radius 2 is 1.79 bits per heavy atom. The van der Waals surface area contributed by atoms with Gasteiger partial charge < -0.3 is 19.5 Å². The molecule has 5 nitrogen and oxygen atoms in total. The Labute approximate surface area is 165 Å². The molecule has 0 unspecified atom stereocenters. The van der Waals surface area contributed by atoms with Crippen LogP contribution < -0.4 is 19.5 Å². The fourth-order valence-electron chi connectivity index (χ4n) is 2.42. The SMILES string of the molecule is COc1ccc(OC)c(CCC(=O)Nc2cc(Cl)ccc2OCC(F)(F)F)c1. The summed E-state index contributed by atoms with van der Waals surface area (Å²) >= 11 is 5.88. The quantitative estimate of drug-likeness (QED) is 0.665. The molecule has 0 aliphatic rings. The lowest BCUT2D eigenvalue weighted by atomic mass is 10.1. The zero-order valence-corrected chi connectivity index (χ0v) is 16.0. The number of methoxy groups -OCH3 is 2. The second kappa shape index (κ2) is 9.54. The minimum absolute atomic E-state index is 0.0642. The van der Waals surface area contributed by atoms with Crippen LogP contribution in [-0.4, -0.2) is 32.9 Å². The van der Waals surface area contributed by atoms with E-state index in [-0.39, 0.29) is 22.9 Å². The molecule has 0 saturated carbocycles. The van der Waals surface area contributed by atoms with Crippen LogP contribution in [0.1, 0.15) is 12.0 Å². The maximum atomic E-state index is 12.4. The van der Waals surface area contributed by atoms with Crippen molar-refractivity contribution in [2.75, 3.05) is 26.1 Å². The molecule has 0 aliphatic carbocycles. The van der Waals surface area contributed by atoms with Crippen molar-refractivity contribution < 1.29 is 32.2 Å². The summed E-state index contributed by atoms with van der Waals surface area (Å²) in [5.74, 6) is 0.692. The summed E-state index contributed by atoms with van der Waals surface area (Å²) < 4.78 is 52.4. The van der Waals surface area contributed by atoms with Gasteiger partial charge in [-0.2, -0.15) is 13.2 Å². The van der Waals surface area contributed by atoms with E-state index in [9.17, 15) is 18.0 Å². The van der Waals surface area contributed by atoms with Crippen LogP contribution in [0.4, 0.5) is 18.9 Å². The van der Waals surface area contributed by atoms with E-state index in [0.717, 1.165) is 5.56 Å². The summed E-state index contributed by atoms with van der Waals surface area (Å²) in [7, 11) is 3.04. The van der Waals surface area contributed by atoms with Gasteiger partial charge in [0.2, 0.25) is 5.91 Å². The van der Waals surface area contributed by atoms with Crippen molar-refractivity contribution in [1.82, 2.24) is 0 Å². The van der Waals surface area contributed by atoms with E-state index in [1.807, 2.05) is 0 Å². The fourth-order valence-corrected chi connectivity index (χ4v) is 2.60. The van der Waals surface area contributed by atoms with Crippen molar-refractivity contribution in [3.63, 3.8) is 0 Å². The predicted octanol–water partition coefficient (Wildman–Crippen LogP) is 4.87. The summed E-state index contributed by atoms with van der Waals surface area (Å²) in [5, 5.41) is 2.79. The van der Waals surface area contributed by atoms with E-state index in [0.29, 0.717) is 17.9 Å². The molecule has 2 aromatic carbocycles. The Balaban J connectivity index is 2.06. The Morgan fingerprint density at radius 1 is 1.07 bits per heavy atom. The third kappa shape index (κ3) is 6.53. The van der Waals surface area contributed by atoms with E-state index in [1.54, 1.807) is 18.2 Å². The average molecular weight is 418 g/mol. The van der Waals surface area contributed by atoms with E-state index in [4.69, 9.17) is 25.8 Å². The average Bonchev–Trinajstić information content (AvgIpc) is 2.64. The summed E-state index contributed by atoms with van der Waals surface area (Å²) in [6, 6.07) is 9.20. The molecule has 28 heavy (non-hydrogen) atoms. The molecule has 2 rings (SSSR count). The molecule has 1 amide bonds. The highest BCUT2D eigenvalue weighted by Crippen LogP contribution is 2.30. The van der Waals surface area contributed by atoms with Crippen LogP contribution in [0.25, 0.3) is 0 Å². The second-order valence-corrected chi connectivity index (χ2v) is 6.21. The first-order valence-corrected chi connectivity index (χ1v) is 8.59. The van der Waals surface area contributed by atoms with Crippen molar-refractivity contribution in [1.29, 1.82) is 0 Å². The summed E-state index contributed by atoms with van der Waals surface area (Å²) in [4.78, 5) is 12.3. The number of ether oxygens (including phenoxy) is 3. The number of rotatable bonds is 8. The normalized spacial score (nSPS) is 11.1. The Morgan fingerprint density at radius 3 is 2.43 bits per heavy atom. The molecular weight excluding hydrogens is 399 g/mol. The molecule has 1 N–H and O–H groups in total. The lowest BCUT2D eigenvalue weighted by Gasteiger charge is -2.15. The molecule has 0 fully saturated rings. The van der Waals surface area contributed by atoms with Gasteiger partial charge in [0.25, 0.3) is 0 Å². The number of aryl methyl sites for hydroxylation is 1. The van der Waals surface area contributed by atoms with Gasteiger partial charge in [0.05, 0.1) is 19.9 Å². The first kappa shape index (κ1) is 21.7. The van der Waals surface area contributed by atoms with Crippen LogP contribution in [-0.2, 0) is 11.2 Å². The van der Waals surface area contributed by atoms with E-state index >= 15 is 0 Å². The molecule has 0 heterocycles. The number of nitrogens with one attached hydrogen (secondary N) is 1. The lowest BCUT2D eigenvalue weighted by molar-refractivity contribution is -0.153. The van der Waals surface area contributed by atoms with Crippen molar-refractivity contribution in [3.05, 3.63) is 47.0 Å². The third-order valence-corrected chi connectivity index (χ3v) is 3.95. The zero-order valence-electron chi connectivity index (χ0n) is 15.2. The van der Waals surface area contributed by atoms with Crippen molar-refractivity contribution in [2.24, 2.45) is 0 Å². The molecular formula is C19H19ClF3NO4. The van der Waals surface area contributed by atoms with Crippen LogP contribution in [0.2, 0.25) is 5.02 Å². The molecule has 0 saturated heterocycles. The van der Waals surface area contributed by atoms with Crippen molar-refractivity contribution in [3.8, 4) is 17.2 Å². The molecule has 0 bridgehead atoms. The van der Waals surface area contributed by atoms with Gasteiger partial charge in [-0.3, -0.25) is 4.79 Å². The summed E-state index contributed by atoms with van der Waals surface area (Å²) in [6.07, 6.45) is -4.09. The third-order valence-electron chi connectivity index (χ3n) is 3.72. The minimum atomic E-state index is -4.50. The summed E-state index contributed by atoms with van der Waals surface area (Å²) in [5.41, 5.74) is 0.830. The Hall–Kier alpha value is -2.61. The largest absolute Gasteiger partial charge is 0.497 e. The fraction of sp³-hybridized carbons (Fsp3) is 0.316. The molecule has 0 spiro atoms. The van der Waals surface area contributed by atoms with E-state index in [2.05, 4.69) is 5.32 Å². The molecule has 0 radical (unpaired) electrons. The van der Waals surface area contributed by atoms with Crippen LogP contribution in [0.3, 0.4) is 0 Å². The van der Waals surface area contributed by atoms with Gasteiger partial charge in [-0.05, 0) is 48.4 Å². The molecule has 9 heteroatoms. The van der Waals surface area contributed by atoms with Gasteiger partial charge in [-0.25, -0.2) is 0 Å². The molecule has 152 valence electrons.